The molecule has 0 bridgehead atoms. The average molecular weight is 284 g/mol. The number of fused-ring (bicyclic) bond motifs is 1. The van der Waals surface area contributed by atoms with E-state index >= 15 is 0 Å². The van der Waals surface area contributed by atoms with Crippen molar-refractivity contribution >= 4 is 18.2 Å². The second-order valence-electron chi connectivity index (χ2n) is 5.64. The summed E-state index contributed by atoms with van der Waals surface area (Å²) in [7, 11) is 0. The number of carbonyl (C=O) groups is 1. The summed E-state index contributed by atoms with van der Waals surface area (Å²) in [6.45, 7) is 2.84. The number of ketones is 1. The van der Waals surface area contributed by atoms with E-state index in [4.69, 9.17) is 4.74 Å². The maximum absolute atomic E-state index is 12.3. The molecular weight excluding hydrogens is 262 g/mol. The second kappa shape index (κ2) is 6.58. The van der Waals surface area contributed by atoms with Crippen LogP contribution in [0.2, 0.25) is 0 Å². The minimum atomic E-state index is 0. The van der Waals surface area contributed by atoms with Crippen molar-refractivity contribution in [3.63, 3.8) is 0 Å². The molecule has 1 aliphatic carbocycles. The van der Waals surface area contributed by atoms with Gasteiger partial charge in [-0.15, -0.1) is 12.4 Å². The molecule has 3 nitrogen and oxygen atoms in total. The van der Waals surface area contributed by atoms with Crippen LogP contribution in [-0.2, 0) is 9.53 Å². The molecule has 0 spiro atoms. The van der Waals surface area contributed by atoms with Crippen LogP contribution in [0, 0.1) is 17.8 Å². The summed E-state index contributed by atoms with van der Waals surface area (Å²) in [6.07, 6.45) is 10.7. The van der Waals surface area contributed by atoms with Gasteiger partial charge in [-0.25, -0.2) is 0 Å². The summed E-state index contributed by atoms with van der Waals surface area (Å²) in [4.78, 5) is 12.3. The van der Waals surface area contributed by atoms with Gasteiger partial charge in [-0.2, -0.15) is 0 Å². The van der Waals surface area contributed by atoms with Gasteiger partial charge in [0.1, 0.15) is 6.61 Å². The van der Waals surface area contributed by atoms with E-state index in [0.29, 0.717) is 12.4 Å². The van der Waals surface area contributed by atoms with E-state index in [-0.39, 0.29) is 24.2 Å². The van der Waals surface area contributed by atoms with E-state index in [9.17, 15) is 4.79 Å². The van der Waals surface area contributed by atoms with Gasteiger partial charge in [0.05, 0.1) is 12.2 Å². The Morgan fingerprint density at radius 1 is 1.26 bits per heavy atom. The quantitative estimate of drug-likeness (QED) is 0.865. The Morgan fingerprint density at radius 2 is 2.05 bits per heavy atom. The van der Waals surface area contributed by atoms with Crippen LogP contribution in [0.25, 0.3) is 0 Å². The van der Waals surface area contributed by atoms with Gasteiger partial charge in [0, 0.05) is 11.5 Å². The number of halogens is 1. The van der Waals surface area contributed by atoms with Gasteiger partial charge >= 0.3 is 0 Å². The molecule has 0 aromatic carbocycles. The first-order valence-corrected chi connectivity index (χ1v) is 7.09. The Kier molecular flexibility index (Phi) is 5.06. The molecule has 2 heterocycles. The van der Waals surface area contributed by atoms with E-state index in [2.05, 4.69) is 17.5 Å². The van der Waals surface area contributed by atoms with Crippen LogP contribution in [0.5, 0.6) is 0 Å². The summed E-state index contributed by atoms with van der Waals surface area (Å²) >= 11 is 0. The summed E-state index contributed by atoms with van der Waals surface area (Å²) in [5, 5.41) is 3.39. The number of ether oxygens (including phenoxy) is 1. The molecule has 1 N–H and O–H groups in total. The Morgan fingerprint density at radius 3 is 2.84 bits per heavy atom. The van der Waals surface area contributed by atoms with E-state index in [1.54, 1.807) is 6.26 Å². The average Bonchev–Trinajstić information content (AvgIpc) is 2.88. The Labute approximate surface area is 120 Å². The zero-order valence-corrected chi connectivity index (χ0v) is 12.0. The first-order valence-electron chi connectivity index (χ1n) is 7.09. The Balaban J connectivity index is 0.00000133. The fraction of sp³-hybridized carbons (Fsp3) is 0.667. The van der Waals surface area contributed by atoms with Crippen molar-refractivity contribution < 1.29 is 9.53 Å². The minimum absolute atomic E-state index is 0. The largest absolute Gasteiger partial charge is 0.500 e. The van der Waals surface area contributed by atoms with Crippen molar-refractivity contribution in [2.75, 3.05) is 19.7 Å². The predicted molar refractivity (Wildman–Crippen MR) is 77.2 cm³/mol. The van der Waals surface area contributed by atoms with Crippen LogP contribution < -0.4 is 5.32 Å². The zero-order valence-electron chi connectivity index (χ0n) is 11.1. The highest BCUT2D eigenvalue weighted by Crippen LogP contribution is 2.32. The van der Waals surface area contributed by atoms with Crippen molar-refractivity contribution in [3.8, 4) is 0 Å². The van der Waals surface area contributed by atoms with Gasteiger partial charge in [0.15, 0.2) is 5.78 Å². The maximum atomic E-state index is 12.3. The molecule has 3 aliphatic rings. The zero-order chi connectivity index (χ0) is 12.4. The van der Waals surface area contributed by atoms with E-state index in [1.165, 1.54) is 19.3 Å². The number of hydrogen-bond acceptors (Lipinski definition) is 3. The number of hydrogen-bond donors (Lipinski definition) is 1. The molecule has 0 aromatic rings. The third-order valence-electron chi connectivity index (χ3n) is 4.46. The van der Waals surface area contributed by atoms with Gasteiger partial charge < -0.3 is 10.1 Å². The molecule has 4 heteroatoms. The van der Waals surface area contributed by atoms with Gasteiger partial charge in [-0.05, 0) is 44.7 Å². The molecule has 0 saturated carbocycles. The lowest BCUT2D eigenvalue weighted by Crippen LogP contribution is -2.30. The van der Waals surface area contributed by atoms with Crippen LogP contribution in [0.15, 0.2) is 24.0 Å². The van der Waals surface area contributed by atoms with Crippen LogP contribution in [0.3, 0.4) is 0 Å². The van der Waals surface area contributed by atoms with Gasteiger partial charge in [0.25, 0.3) is 0 Å². The maximum Gasteiger partial charge on any atom is 0.150 e. The van der Waals surface area contributed by atoms with Crippen molar-refractivity contribution in [2.45, 2.75) is 25.7 Å². The fourth-order valence-corrected chi connectivity index (χ4v) is 3.23. The third kappa shape index (κ3) is 3.21. The SMILES string of the molecule is Cl.O=C1C(CCC2CCNCC2)C=CC2=COCC12. The van der Waals surface area contributed by atoms with Crippen molar-refractivity contribution in [3.05, 3.63) is 24.0 Å². The van der Waals surface area contributed by atoms with E-state index < -0.39 is 0 Å². The van der Waals surface area contributed by atoms with Crippen molar-refractivity contribution in [2.24, 2.45) is 17.8 Å². The fourth-order valence-electron chi connectivity index (χ4n) is 3.23. The van der Waals surface area contributed by atoms with E-state index in [0.717, 1.165) is 31.0 Å². The van der Waals surface area contributed by atoms with Crippen LogP contribution in [0.1, 0.15) is 25.7 Å². The molecule has 0 radical (unpaired) electrons. The van der Waals surface area contributed by atoms with Crippen LogP contribution >= 0.6 is 12.4 Å². The third-order valence-corrected chi connectivity index (χ3v) is 4.46. The topological polar surface area (TPSA) is 38.3 Å². The molecule has 3 rings (SSSR count). The lowest BCUT2D eigenvalue weighted by atomic mass is 9.79. The number of carbonyl (C=O) groups excluding carboxylic acids is 1. The molecule has 0 amide bonds. The van der Waals surface area contributed by atoms with Crippen LogP contribution in [-0.4, -0.2) is 25.5 Å². The lowest BCUT2D eigenvalue weighted by molar-refractivity contribution is -0.125. The number of nitrogens with one attached hydrogen (secondary N) is 1. The monoisotopic (exact) mass is 283 g/mol. The van der Waals surface area contributed by atoms with Crippen molar-refractivity contribution in [1.29, 1.82) is 0 Å². The Bertz CT molecular complexity index is 386. The molecule has 2 atom stereocenters. The summed E-state index contributed by atoms with van der Waals surface area (Å²) in [5.41, 5.74) is 1.07. The van der Waals surface area contributed by atoms with E-state index in [1.807, 2.05) is 0 Å². The number of piperidine rings is 1. The summed E-state index contributed by atoms with van der Waals surface area (Å²) < 4.78 is 5.26. The lowest BCUT2D eigenvalue weighted by Gasteiger charge is -2.26. The first kappa shape index (κ1) is 14.6. The van der Waals surface area contributed by atoms with Crippen LogP contribution in [0.4, 0.5) is 0 Å². The molecule has 1 fully saturated rings. The molecule has 1 saturated heterocycles. The van der Waals surface area contributed by atoms with Gasteiger partial charge in [0.2, 0.25) is 0 Å². The number of rotatable bonds is 3. The minimum Gasteiger partial charge on any atom is -0.500 e. The number of allylic oxidation sites excluding steroid dienone is 2. The molecule has 19 heavy (non-hydrogen) atoms. The molecule has 2 unspecified atom stereocenters. The molecule has 106 valence electrons. The van der Waals surface area contributed by atoms with Crippen molar-refractivity contribution in [1.82, 2.24) is 5.32 Å². The highest BCUT2D eigenvalue weighted by atomic mass is 35.5. The standard InChI is InChI=1S/C15H21NO2.ClH/c17-15-12(2-1-11-5-7-16-8-6-11)3-4-13-9-18-10-14(13)15;/h3-4,9,11-12,14,16H,1-2,5-8,10H2;1H. The van der Waals surface area contributed by atoms with Gasteiger partial charge in [-0.1, -0.05) is 12.2 Å². The highest BCUT2D eigenvalue weighted by molar-refractivity contribution is 5.90. The summed E-state index contributed by atoms with van der Waals surface area (Å²) in [6, 6.07) is 0. The number of Topliss-reactive ketones (excluding diaryl/α,β-unsaturated/α-hetero) is 1. The smallest absolute Gasteiger partial charge is 0.150 e. The van der Waals surface area contributed by atoms with Gasteiger partial charge in [-0.3, -0.25) is 4.79 Å². The molecular formula is C15H22ClNO2. The molecule has 2 aliphatic heterocycles. The molecule has 0 aromatic heterocycles. The summed E-state index contributed by atoms with van der Waals surface area (Å²) in [5.74, 6) is 1.33. The first-order chi connectivity index (χ1) is 8.84. The predicted octanol–water partition coefficient (Wildman–Crippen LogP) is 2.47. The second-order valence-corrected chi connectivity index (χ2v) is 5.64. The highest BCUT2D eigenvalue weighted by Gasteiger charge is 2.34. The Hall–Kier alpha value is -0.800. The normalized spacial score (nSPS) is 30.3.